The first-order valence-corrected chi connectivity index (χ1v) is 8.36. The number of rotatable bonds is 5. The predicted molar refractivity (Wildman–Crippen MR) is 89.8 cm³/mol. The topological polar surface area (TPSA) is 50.8 Å². The van der Waals surface area contributed by atoms with Crippen LogP contribution in [0, 0.1) is 0 Å². The van der Waals surface area contributed by atoms with Gasteiger partial charge in [-0.15, -0.1) is 0 Å². The first kappa shape index (κ1) is 17.1. The molecule has 122 valence electrons. The van der Waals surface area contributed by atoms with E-state index < -0.39 is 0 Å². The van der Waals surface area contributed by atoms with Crippen LogP contribution >= 0.6 is 15.9 Å². The van der Waals surface area contributed by atoms with E-state index in [0.717, 1.165) is 30.4 Å². The molecule has 0 aromatic heterocycles. The zero-order chi connectivity index (χ0) is 16.1. The summed E-state index contributed by atoms with van der Waals surface area (Å²) in [5, 5.41) is 3.27. The molecule has 0 atom stereocenters. The maximum absolute atomic E-state index is 12.7. The molecule has 0 spiro atoms. The summed E-state index contributed by atoms with van der Waals surface area (Å²) in [4.78, 5) is 14.6. The number of halogens is 1. The number of benzene rings is 1. The van der Waals surface area contributed by atoms with Crippen molar-refractivity contribution in [2.24, 2.45) is 0 Å². The van der Waals surface area contributed by atoms with E-state index in [1.165, 1.54) is 0 Å². The van der Waals surface area contributed by atoms with E-state index in [1.54, 1.807) is 19.2 Å². The fourth-order valence-electron chi connectivity index (χ4n) is 2.68. The minimum Gasteiger partial charge on any atom is -0.493 e. The van der Waals surface area contributed by atoms with Crippen LogP contribution in [0.5, 0.6) is 11.5 Å². The van der Waals surface area contributed by atoms with Gasteiger partial charge in [0.2, 0.25) is 0 Å². The summed E-state index contributed by atoms with van der Waals surface area (Å²) in [6, 6.07) is 4.06. The molecule has 0 bridgehead atoms. The van der Waals surface area contributed by atoms with Gasteiger partial charge in [0.05, 0.1) is 18.2 Å². The Kier molecular flexibility index (Phi) is 6.08. The van der Waals surface area contributed by atoms with Crippen LogP contribution in [0.2, 0.25) is 0 Å². The van der Waals surface area contributed by atoms with E-state index in [9.17, 15) is 4.79 Å². The Morgan fingerprint density at radius 3 is 2.64 bits per heavy atom. The van der Waals surface area contributed by atoms with Gasteiger partial charge in [0.1, 0.15) is 0 Å². The maximum atomic E-state index is 12.7. The summed E-state index contributed by atoms with van der Waals surface area (Å²) in [6.07, 6.45) is 1.97. The van der Waals surface area contributed by atoms with Crippen LogP contribution in [0.25, 0.3) is 0 Å². The lowest BCUT2D eigenvalue weighted by atomic mass is 10.0. The van der Waals surface area contributed by atoms with E-state index in [-0.39, 0.29) is 5.91 Å². The molecule has 1 aromatic rings. The second-order valence-corrected chi connectivity index (χ2v) is 6.13. The van der Waals surface area contributed by atoms with Gasteiger partial charge in [0.25, 0.3) is 5.91 Å². The average Bonchev–Trinajstić information content (AvgIpc) is 2.56. The molecule has 1 saturated heterocycles. The Morgan fingerprint density at radius 1 is 1.41 bits per heavy atom. The average molecular weight is 371 g/mol. The Balaban J connectivity index is 2.18. The third-order valence-electron chi connectivity index (χ3n) is 3.96. The van der Waals surface area contributed by atoms with Crippen molar-refractivity contribution < 1.29 is 14.3 Å². The first-order valence-electron chi connectivity index (χ1n) is 7.57. The van der Waals surface area contributed by atoms with Gasteiger partial charge in [-0.25, -0.2) is 0 Å². The van der Waals surface area contributed by atoms with E-state index in [0.29, 0.717) is 29.7 Å². The summed E-state index contributed by atoms with van der Waals surface area (Å²) in [6.45, 7) is 4.01. The molecule has 1 aliphatic rings. The second-order valence-electron chi connectivity index (χ2n) is 5.28. The molecule has 1 aliphatic heterocycles. The van der Waals surface area contributed by atoms with Gasteiger partial charge in [0, 0.05) is 24.7 Å². The number of ether oxygens (including phenoxy) is 2. The highest BCUT2D eigenvalue weighted by atomic mass is 79.9. The smallest absolute Gasteiger partial charge is 0.254 e. The second kappa shape index (κ2) is 7.83. The zero-order valence-electron chi connectivity index (χ0n) is 13.3. The van der Waals surface area contributed by atoms with Gasteiger partial charge < -0.3 is 19.7 Å². The molecule has 1 aromatic carbocycles. The van der Waals surface area contributed by atoms with E-state index >= 15 is 0 Å². The highest BCUT2D eigenvalue weighted by molar-refractivity contribution is 9.10. The van der Waals surface area contributed by atoms with E-state index in [1.807, 2.05) is 18.9 Å². The molecule has 6 heteroatoms. The van der Waals surface area contributed by atoms with E-state index in [2.05, 4.69) is 21.2 Å². The number of carbonyl (C=O) groups is 1. The number of likely N-dealkylation sites (tertiary alicyclic amines) is 1. The molecular formula is C16H23BrN2O3. The summed E-state index contributed by atoms with van der Waals surface area (Å²) in [7, 11) is 3.55. The third-order valence-corrected chi connectivity index (χ3v) is 4.54. The van der Waals surface area contributed by atoms with Crippen LogP contribution < -0.4 is 14.8 Å². The van der Waals surface area contributed by atoms with Crippen molar-refractivity contribution in [3.63, 3.8) is 0 Å². The number of carbonyl (C=O) groups excluding carboxylic acids is 1. The standard InChI is InChI=1S/C16H23BrN2O3/c1-4-22-15-13(17)9-11(10-14(15)21-3)16(20)19-7-5-12(18-2)6-8-19/h9-10,12,18H,4-8H2,1-3H3. The van der Waals surface area contributed by atoms with Crippen LogP contribution in [0.15, 0.2) is 16.6 Å². The Hall–Kier alpha value is -1.27. The summed E-state index contributed by atoms with van der Waals surface area (Å²) in [5.74, 6) is 1.25. The number of nitrogens with one attached hydrogen (secondary N) is 1. The van der Waals surface area contributed by atoms with Gasteiger partial charge in [-0.1, -0.05) is 0 Å². The molecule has 0 saturated carbocycles. The first-order chi connectivity index (χ1) is 10.6. The predicted octanol–water partition coefficient (Wildman–Crippen LogP) is 2.68. The van der Waals surface area contributed by atoms with Crippen molar-refractivity contribution in [3.05, 3.63) is 22.2 Å². The summed E-state index contributed by atoms with van der Waals surface area (Å²) >= 11 is 3.47. The van der Waals surface area contributed by atoms with Crippen molar-refractivity contribution in [2.75, 3.05) is 33.9 Å². The van der Waals surface area contributed by atoms with Crippen molar-refractivity contribution >= 4 is 21.8 Å². The van der Waals surface area contributed by atoms with Crippen molar-refractivity contribution in [1.29, 1.82) is 0 Å². The lowest BCUT2D eigenvalue weighted by Gasteiger charge is -2.32. The lowest BCUT2D eigenvalue weighted by Crippen LogP contribution is -2.43. The molecule has 1 amide bonds. The fraction of sp³-hybridized carbons (Fsp3) is 0.562. The molecule has 1 fully saturated rings. The number of methoxy groups -OCH3 is 1. The number of hydrogen-bond acceptors (Lipinski definition) is 4. The zero-order valence-corrected chi connectivity index (χ0v) is 14.9. The quantitative estimate of drug-likeness (QED) is 0.865. The number of piperidine rings is 1. The molecule has 0 radical (unpaired) electrons. The van der Waals surface area contributed by atoms with Gasteiger partial charge in [-0.3, -0.25) is 4.79 Å². The normalized spacial score (nSPS) is 15.7. The molecule has 5 nitrogen and oxygen atoms in total. The van der Waals surface area contributed by atoms with Crippen molar-refractivity contribution in [2.45, 2.75) is 25.8 Å². The minimum absolute atomic E-state index is 0.0385. The highest BCUT2D eigenvalue weighted by Crippen LogP contribution is 2.37. The van der Waals surface area contributed by atoms with Gasteiger partial charge in [-0.05, 0) is 54.9 Å². The molecule has 1 heterocycles. The van der Waals surface area contributed by atoms with Crippen LogP contribution in [-0.4, -0.2) is 50.7 Å². The Bertz CT molecular complexity index is 528. The highest BCUT2D eigenvalue weighted by Gasteiger charge is 2.24. The van der Waals surface area contributed by atoms with E-state index in [4.69, 9.17) is 9.47 Å². The molecule has 22 heavy (non-hydrogen) atoms. The molecule has 2 rings (SSSR count). The minimum atomic E-state index is 0.0385. The Labute approximate surface area is 140 Å². The summed E-state index contributed by atoms with van der Waals surface area (Å²) in [5.41, 5.74) is 0.620. The monoisotopic (exact) mass is 370 g/mol. The molecular weight excluding hydrogens is 348 g/mol. The number of amides is 1. The largest absolute Gasteiger partial charge is 0.493 e. The van der Waals surface area contributed by atoms with Gasteiger partial charge >= 0.3 is 0 Å². The van der Waals surface area contributed by atoms with Crippen molar-refractivity contribution in [3.8, 4) is 11.5 Å². The lowest BCUT2D eigenvalue weighted by molar-refractivity contribution is 0.0707. The molecule has 1 N–H and O–H groups in total. The van der Waals surface area contributed by atoms with Crippen LogP contribution in [0.3, 0.4) is 0 Å². The fourth-order valence-corrected chi connectivity index (χ4v) is 3.24. The molecule has 0 unspecified atom stereocenters. The third kappa shape index (κ3) is 3.73. The Morgan fingerprint density at radius 2 is 2.09 bits per heavy atom. The van der Waals surface area contributed by atoms with Gasteiger partial charge in [-0.2, -0.15) is 0 Å². The molecule has 0 aliphatic carbocycles. The van der Waals surface area contributed by atoms with Crippen LogP contribution in [0.1, 0.15) is 30.1 Å². The maximum Gasteiger partial charge on any atom is 0.254 e. The van der Waals surface area contributed by atoms with Gasteiger partial charge in [0.15, 0.2) is 11.5 Å². The van der Waals surface area contributed by atoms with Crippen LogP contribution in [-0.2, 0) is 0 Å². The number of hydrogen-bond donors (Lipinski definition) is 1. The summed E-state index contributed by atoms with van der Waals surface area (Å²) < 4.78 is 11.7. The number of nitrogens with zero attached hydrogens (tertiary/aromatic N) is 1. The van der Waals surface area contributed by atoms with Crippen LogP contribution in [0.4, 0.5) is 0 Å². The SMILES string of the molecule is CCOc1c(Br)cc(C(=O)N2CCC(NC)CC2)cc1OC. The van der Waals surface area contributed by atoms with Crippen molar-refractivity contribution in [1.82, 2.24) is 10.2 Å².